The highest BCUT2D eigenvalue weighted by atomic mass is 79.9. The average molecular weight is 335 g/mol. The van der Waals surface area contributed by atoms with E-state index < -0.39 is 0 Å². The Balaban J connectivity index is 2.26. The zero-order chi connectivity index (χ0) is 12.3. The van der Waals surface area contributed by atoms with Crippen molar-refractivity contribution in [1.82, 2.24) is 5.32 Å². The van der Waals surface area contributed by atoms with Crippen LogP contribution in [0.2, 0.25) is 5.02 Å². The van der Waals surface area contributed by atoms with Gasteiger partial charge in [-0.25, -0.2) is 0 Å². The van der Waals surface area contributed by atoms with Gasteiger partial charge in [0.05, 0.1) is 15.1 Å². The van der Waals surface area contributed by atoms with Crippen LogP contribution >= 0.6 is 38.9 Å². The second kappa shape index (κ2) is 6.05. The number of hydrogen-bond acceptors (Lipinski definition) is 3. The number of thiophene rings is 1. The van der Waals surface area contributed by atoms with Crippen molar-refractivity contribution >= 4 is 38.9 Å². The molecule has 2 heterocycles. The molecule has 0 aromatic carbocycles. The molecule has 2 rings (SSSR count). The SMILES string of the molecule is CCCNC(c1ccco1)c1cc(Cl)c(Br)s1. The third kappa shape index (κ3) is 3.13. The van der Waals surface area contributed by atoms with Gasteiger partial charge in [0.15, 0.2) is 0 Å². The molecule has 0 bridgehead atoms. The standard InChI is InChI=1S/C12H13BrClNOS/c1-2-5-15-11(9-4-3-6-16-9)10-7-8(14)12(13)17-10/h3-4,6-7,11,15H,2,5H2,1H3. The maximum Gasteiger partial charge on any atom is 0.126 e. The van der Waals surface area contributed by atoms with E-state index in [1.54, 1.807) is 17.6 Å². The van der Waals surface area contributed by atoms with Crippen molar-refractivity contribution in [1.29, 1.82) is 0 Å². The number of halogens is 2. The molecule has 0 saturated carbocycles. The molecule has 0 aliphatic rings. The van der Waals surface area contributed by atoms with Crippen molar-refractivity contribution in [2.75, 3.05) is 6.54 Å². The van der Waals surface area contributed by atoms with Crippen LogP contribution in [0.4, 0.5) is 0 Å². The topological polar surface area (TPSA) is 25.2 Å². The molecule has 0 saturated heterocycles. The Bertz CT molecular complexity index is 449. The first-order chi connectivity index (χ1) is 8.22. The van der Waals surface area contributed by atoms with Gasteiger partial charge in [-0.2, -0.15) is 0 Å². The lowest BCUT2D eigenvalue weighted by Crippen LogP contribution is -2.21. The third-order valence-electron chi connectivity index (χ3n) is 2.37. The largest absolute Gasteiger partial charge is 0.467 e. The number of nitrogens with one attached hydrogen (secondary N) is 1. The van der Waals surface area contributed by atoms with Gasteiger partial charge in [-0.15, -0.1) is 11.3 Å². The molecule has 0 radical (unpaired) electrons. The van der Waals surface area contributed by atoms with Gasteiger partial charge in [-0.05, 0) is 47.1 Å². The van der Waals surface area contributed by atoms with Gasteiger partial charge >= 0.3 is 0 Å². The van der Waals surface area contributed by atoms with Crippen LogP contribution in [0.25, 0.3) is 0 Å². The maximum atomic E-state index is 6.07. The Morgan fingerprint density at radius 1 is 1.59 bits per heavy atom. The second-order valence-corrected chi connectivity index (χ2v) is 6.48. The maximum absolute atomic E-state index is 6.07. The van der Waals surface area contributed by atoms with E-state index in [-0.39, 0.29) is 6.04 Å². The van der Waals surface area contributed by atoms with Crippen LogP contribution in [0.1, 0.15) is 30.0 Å². The monoisotopic (exact) mass is 333 g/mol. The van der Waals surface area contributed by atoms with E-state index in [0.29, 0.717) is 0 Å². The molecule has 17 heavy (non-hydrogen) atoms. The van der Waals surface area contributed by atoms with E-state index in [2.05, 4.69) is 28.2 Å². The van der Waals surface area contributed by atoms with Gasteiger partial charge in [0.2, 0.25) is 0 Å². The zero-order valence-corrected chi connectivity index (χ0v) is 12.5. The first kappa shape index (κ1) is 13.1. The fraction of sp³-hybridized carbons (Fsp3) is 0.333. The van der Waals surface area contributed by atoms with Gasteiger partial charge in [-0.3, -0.25) is 0 Å². The summed E-state index contributed by atoms with van der Waals surface area (Å²) in [6.45, 7) is 3.09. The van der Waals surface area contributed by atoms with Crippen LogP contribution in [-0.2, 0) is 0 Å². The normalized spacial score (nSPS) is 12.9. The molecule has 5 heteroatoms. The van der Waals surface area contributed by atoms with Crippen LogP contribution in [0.5, 0.6) is 0 Å². The summed E-state index contributed by atoms with van der Waals surface area (Å²) < 4.78 is 6.44. The van der Waals surface area contributed by atoms with E-state index in [1.807, 2.05) is 18.2 Å². The van der Waals surface area contributed by atoms with E-state index in [0.717, 1.165) is 32.4 Å². The van der Waals surface area contributed by atoms with Crippen molar-refractivity contribution in [3.63, 3.8) is 0 Å². The van der Waals surface area contributed by atoms with Gasteiger partial charge < -0.3 is 9.73 Å². The fourth-order valence-electron chi connectivity index (χ4n) is 1.59. The van der Waals surface area contributed by atoms with Crippen LogP contribution in [0.15, 0.2) is 32.7 Å². The molecule has 0 amide bonds. The van der Waals surface area contributed by atoms with Crippen molar-refractivity contribution < 1.29 is 4.42 Å². The van der Waals surface area contributed by atoms with E-state index >= 15 is 0 Å². The van der Waals surface area contributed by atoms with Gasteiger partial charge in [0.25, 0.3) is 0 Å². The molecule has 1 N–H and O–H groups in total. The number of rotatable bonds is 5. The molecular weight excluding hydrogens is 322 g/mol. The number of furan rings is 1. The summed E-state index contributed by atoms with van der Waals surface area (Å²) in [6, 6.07) is 5.94. The molecular formula is C12H13BrClNOS. The first-order valence-electron chi connectivity index (χ1n) is 5.44. The summed E-state index contributed by atoms with van der Waals surface area (Å²) in [5, 5.41) is 4.22. The second-order valence-electron chi connectivity index (χ2n) is 3.67. The molecule has 0 aliphatic carbocycles. The lowest BCUT2D eigenvalue weighted by atomic mass is 10.2. The molecule has 0 fully saturated rings. The molecule has 1 atom stereocenters. The summed E-state index contributed by atoms with van der Waals surface area (Å²) in [7, 11) is 0. The highest BCUT2D eigenvalue weighted by molar-refractivity contribution is 9.11. The fourth-order valence-corrected chi connectivity index (χ4v) is 3.42. The predicted octanol–water partition coefficient (Wildman–Crippen LogP) is 4.85. The minimum absolute atomic E-state index is 0.0822. The summed E-state index contributed by atoms with van der Waals surface area (Å²) in [4.78, 5) is 1.16. The minimum Gasteiger partial charge on any atom is -0.467 e. The van der Waals surface area contributed by atoms with Gasteiger partial charge in [-0.1, -0.05) is 18.5 Å². The van der Waals surface area contributed by atoms with Crippen molar-refractivity contribution in [3.8, 4) is 0 Å². The predicted molar refractivity (Wildman–Crippen MR) is 75.9 cm³/mol. The average Bonchev–Trinajstić information content (AvgIpc) is 2.92. The van der Waals surface area contributed by atoms with Crippen LogP contribution in [0, 0.1) is 0 Å². The lowest BCUT2D eigenvalue weighted by Gasteiger charge is -2.14. The molecule has 92 valence electrons. The molecule has 2 nitrogen and oxygen atoms in total. The highest BCUT2D eigenvalue weighted by Crippen LogP contribution is 2.37. The van der Waals surface area contributed by atoms with E-state index in [4.69, 9.17) is 16.0 Å². The smallest absolute Gasteiger partial charge is 0.126 e. The summed E-state index contributed by atoms with van der Waals surface area (Å²) >= 11 is 11.2. The first-order valence-corrected chi connectivity index (χ1v) is 7.42. The summed E-state index contributed by atoms with van der Waals surface area (Å²) in [5.74, 6) is 0.920. The highest BCUT2D eigenvalue weighted by Gasteiger charge is 2.19. The third-order valence-corrected chi connectivity index (χ3v) is 4.91. The Morgan fingerprint density at radius 2 is 2.41 bits per heavy atom. The van der Waals surface area contributed by atoms with Gasteiger partial charge in [0.1, 0.15) is 11.8 Å². The van der Waals surface area contributed by atoms with E-state index in [9.17, 15) is 0 Å². The summed E-state index contributed by atoms with van der Waals surface area (Å²) in [5.41, 5.74) is 0. The minimum atomic E-state index is 0.0822. The number of hydrogen-bond donors (Lipinski definition) is 1. The molecule has 2 aromatic heterocycles. The molecule has 0 spiro atoms. The Kier molecular flexibility index (Phi) is 4.68. The summed E-state index contributed by atoms with van der Waals surface area (Å²) in [6.07, 6.45) is 2.78. The van der Waals surface area contributed by atoms with Crippen molar-refractivity contribution in [3.05, 3.63) is 43.9 Å². The van der Waals surface area contributed by atoms with E-state index in [1.165, 1.54) is 0 Å². The molecule has 0 aliphatic heterocycles. The van der Waals surface area contributed by atoms with Gasteiger partial charge in [0, 0.05) is 4.88 Å². The van der Waals surface area contributed by atoms with Crippen molar-refractivity contribution in [2.45, 2.75) is 19.4 Å². The van der Waals surface area contributed by atoms with Crippen LogP contribution < -0.4 is 5.32 Å². The Morgan fingerprint density at radius 3 is 2.94 bits per heavy atom. The Hall–Kier alpha value is -0.290. The Labute approximate surface area is 118 Å². The van der Waals surface area contributed by atoms with Crippen LogP contribution in [-0.4, -0.2) is 6.54 Å². The quantitative estimate of drug-likeness (QED) is 0.846. The van der Waals surface area contributed by atoms with Crippen LogP contribution in [0.3, 0.4) is 0 Å². The van der Waals surface area contributed by atoms with Crippen molar-refractivity contribution in [2.24, 2.45) is 0 Å². The lowest BCUT2D eigenvalue weighted by molar-refractivity contribution is 0.450. The molecule has 2 aromatic rings. The molecule has 1 unspecified atom stereocenters. The zero-order valence-electron chi connectivity index (χ0n) is 9.37.